The SMILES string of the molecule is NC(=O)CC[C@@H](N)C(=O)O.N[C@H](CO)C(=O)O. The Bertz CT molecular complexity index is 270. The minimum atomic E-state index is -1.18. The van der Waals surface area contributed by atoms with Crippen LogP contribution in [0.15, 0.2) is 0 Å². The van der Waals surface area contributed by atoms with Gasteiger partial charge in [-0.1, -0.05) is 0 Å². The van der Waals surface area contributed by atoms with Crippen LogP contribution in [0.4, 0.5) is 0 Å². The molecule has 0 aromatic heterocycles. The van der Waals surface area contributed by atoms with E-state index < -0.39 is 36.5 Å². The van der Waals surface area contributed by atoms with E-state index in [0.717, 1.165) is 0 Å². The van der Waals surface area contributed by atoms with Crippen molar-refractivity contribution in [1.82, 2.24) is 0 Å². The highest BCUT2D eigenvalue weighted by Crippen LogP contribution is 1.92. The van der Waals surface area contributed by atoms with Gasteiger partial charge in [0.25, 0.3) is 0 Å². The summed E-state index contributed by atoms with van der Waals surface area (Å²) in [6.45, 7) is -0.505. The van der Waals surface area contributed by atoms with Crippen LogP contribution in [0.3, 0.4) is 0 Å². The van der Waals surface area contributed by atoms with E-state index in [1.807, 2.05) is 0 Å². The number of hydrogen-bond acceptors (Lipinski definition) is 6. The largest absolute Gasteiger partial charge is 0.480 e. The highest BCUT2D eigenvalue weighted by molar-refractivity contribution is 5.77. The zero-order valence-electron chi connectivity index (χ0n) is 9.07. The van der Waals surface area contributed by atoms with Crippen molar-refractivity contribution in [3.05, 3.63) is 0 Å². The summed E-state index contributed by atoms with van der Waals surface area (Å²) < 4.78 is 0. The smallest absolute Gasteiger partial charge is 0.322 e. The number of aliphatic hydroxyl groups is 1. The Morgan fingerprint density at radius 3 is 1.59 bits per heavy atom. The lowest BCUT2D eigenvalue weighted by molar-refractivity contribution is -0.140. The summed E-state index contributed by atoms with van der Waals surface area (Å²) >= 11 is 0. The van der Waals surface area contributed by atoms with Crippen molar-refractivity contribution in [3.63, 3.8) is 0 Å². The molecule has 2 atom stereocenters. The van der Waals surface area contributed by atoms with Gasteiger partial charge in [-0.25, -0.2) is 0 Å². The average molecular weight is 251 g/mol. The number of carboxylic acids is 2. The van der Waals surface area contributed by atoms with Gasteiger partial charge in [-0.05, 0) is 6.42 Å². The number of aliphatic hydroxyl groups excluding tert-OH is 1. The van der Waals surface area contributed by atoms with Crippen LogP contribution in [0.1, 0.15) is 12.8 Å². The zero-order chi connectivity index (χ0) is 14.0. The minimum absolute atomic E-state index is 0.0213. The molecule has 0 aromatic rings. The molecule has 0 aromatic carbocycles. The van der Waals surface area contributed by atoms with Crippen LogP contribution in [-0.4, -0.2) is 51.9 Å². The predicted molar refractivity (Wildman–Crippen MR) is 56.7 cm³/mol. The third kappa shape index (κ3) is 12.2. The summed E-state index contributed by atoms with van der Waals surface area (Å²) in [6, 6.07) is -2.10. The number of carboxylic acid groups (broad SMARTS) is 2. The van der Waals surface area contributed by atoms with Gasteiger partial charge in [-0.2, -0.15) is 0 Å². The van der Waals surface area contributed by atoms with E-state index in [2.05, 4.69) is 0 Å². The van der Waals surface area contributed by atoms with E-state index >= 15 is 0 Å². The number of rotatable bonds is 6. The second kappa shape index (κ2) is 9.51. The van der Waals surface area contributed by atoms with Crippen molar-refractivity contribution in [2.75, 3.05) is 6.61 Å². The van der Waals surface area contributed by atoms with Crippen LogP contribution in [0.5, 0.6) is 0 Å². The first kappa shape index (κ1) is 17.7. The fraction of sp³-hybridized carbons (Fsp3) is 0.625. The van der Waals surface area contributed by atoms with Gasteiger partial charge in [0, 0.05) is 6.42 Å². The average Bonchev–Trinajstić information content (AvgIpc) is 2.24. The quantitative estimate of drug-likeness (QED) is 0.288. The van der Waals surface area contributed by atoms with Crippen molar-refractivity contribution in [2.45, 2.75) is 24.9 Å². The van der Waals surface area contributed by atoms with E-state index in [4.69, 9.17) is 32.5 Å². The maximum atomic E-state index is 10.1. The number of carbonyl (C=O) groups is 3. The molecule has 0 saturated heterocycles. The Kier molecular flexibility index (Phi) is 9.89. The van der Waals surface area contributed by atoms with E-state index in [-0.39, 0.29) is 12.8 Å². The number of nitrogens with two attached hydrogens (primary N) is 3. The normalized spacial score (nSPS) is 12.9. The Labute approximate surface area is 97.2 Å². The Balaban J connectivity index is 0. The summed E-state index contributed by atoms with van der Waals surface area (Å²) in [5.74, 6) is -2.82. The highest BCUT2D eigenvalue weighted by atomic mass is 16.4. The summed E-state index contributed by atoms with van der Waals surface area (Å²) in [5, 5.41) is 24.1. The van der Waals surface area contributed by atoms with Gasteiger partial charge in [0.15, 0.2) is 0 Å². The van der Waals surface area contributed by atoms with Gasteiger partial charge in [-0.15, -0.1) is 0 Å². The lowest BCUT2D eigenvalue weighted by Gasteiger charge is -2.01. The standard InChI is InChI=1S/C5H10N2O3.C3H7NO3/c6-3(5(9)10)1-2-4(7)8;4-2(1-5)3(6)7/h3H,1-2,6H2,(H2,7,8)(H,9,10);2,5H,1,4H2,(H,6,7)/t3-;2-/m11/s1. The molecule has 0 aliphatic rings. The van der Waals surface area contributed by atoms with E-state index in [9.17, 15) is 14.4 Å². The molecule has 9 nitrogen and oxygen atoms in total. The zero-order valence-corrected chi connectivity index (χ0v) is 9.07. The summed E-state index contributed by atoms with van der Waals surface area (Å²) in [6.07, 6.45) is 0.123. The predicted octanol–water partition coefficient (Wildman–Crippen LogP) is -2.95. The molecule has 0 heterocycles. The minimum Gasteiger partial charge on any atom is -0.480 e. The molecule has 0 aliphatic carbocycles. The van der Waals surface area contributed by atoms with Crippen LogP contribution >= 0.6 is 0 Å². The first-order valence-electron chi connectivity index (χ1n) is 4.58. The molecule has 100 valence electrons. The van der Waals surface area contributed by atoms with Crippen LogP contribution < -0.4 is 17.2 Å². The Morgan fingerprint density at radius 1 is 1.00 bits per heavy atom. The van der Waals surface area contributed by atoms with Crippen molar-refractivity contribution < 1.29 is 29.7 Å². The molecule has 0 saturated carbocycles. The van der Waals surface area contributed by atoms with Crippen LogP contribution in [-0.2, 0) is 14.4 Å². The molecule has 0 fully saturated rings. The molecule has 9 heteroatoms. The fourth-order valence-electron chi connectivity index (χ4n) is 0.499. The second-order valence-corrected chi connectivity index (χ2v) is 3.08. The number of carbonyl (C=O) groups excluding carboxylic acids is 1. The Morgan fingerprint density at radius 2 is 1.41 bits per heavy atom. The molecule has 0 unspecified atom stereocenters. The molecule has 0 spiro atoms. The van der Waals surface area contributed by atoms with E-state index in [1.165, 1.54) is 0 Å². The van der Waals surface area contributed by atoms with Gasteiger partial charge in [-0.3, -0.25) is 14.4 Å². The molecule has 17 heavy (non-hydrogen) atoms. The molecule has 1 amide bonds. The molecule has 9 N–H and O–H groups in total. The van der Waals surface area contributed by atoms with E-state index in [1.54, 1.807) is 0 Å². The summed E-state index contributed by atoms with van der Waals surface area (Å²) in [4.78, 5) is 29.8. The molecule has 0 radical (unpaired) electrons. The topological polar surface area (TPSA) is 190 Å². The summed E-state index contributed by atoms with van der Waals surface area (Å²) in [5.41, 5.74) is 14.6. The van der Waals surface area contributed by atoms with Gasteiger partial charge in [0.1, 0.15) is 12.1 Å². The number of aliphatic carboxylic acids is 2. The van der Waals surface area contributed by atoms with E-state index in [0.29, 0.717) is 0 Å². The first-order valence-corrected chi connectivity index (χ1v) is 4.58. The second-order valence-electron chi connectivity index (χ2n) is 3.08. The lowest BCUT2D eigenvalue weighted by atomic mass is 10.2. The van der Waals surface area contributed by atoms with Crippen molar-refractivity contribution >= 4 is 17.8 Å². The Hall–Kier alpha value is -1.71. The third-order valence-corrected chi connectivity index (χ3v) is 1.53. The first-order chi connectivity index (χ1) is 7.72. The van der Waals surface area contributed by atoms with Gasteiger partial charge >= 0.3 is 11.9 Å². The molecule has 0 bridgehead atoms. The highest BCUT2D eigenvalue weighted by Gasteiger charge is 2.11. The molecular weight excluding hydrogens is 234 g/mol. The van der Waals surface area contributed by atoms with Crippen LogP contribution in [0.2, 0.25) is 0 Å². The van der Waals surface area contributed by atoms with Gasteiger partial charge in [0.2, 0.25) is 5.91 Å². The number of amides is 1. The lowest BCUT2D eigenvalue weighted by Crippen LogP contribution is -2.33. The van der Waals surface area contributed by atoms with Gasteiger partial charge < -0.3 is 32.5 Å². The number of hydrogen-bond donors (Lipinski definition) is 6. The third-order valence-electron chi connectivity index (χ3n) is 1.53. The fourth-order valence-corrected chi connectivity index (χ4v) is 0.499. The van der Waals surface area contributed by atoms with Crippen molar-refractivity contribution in [3.8, 4) is 0 Å². The molecule has 0 aliphatic heterocycles. The van der Waals surface area contributed by atoms with Crippen LogP contribution in [0, 0.1) is 0 Å². The van der Waals surface area contributed by atoms with Gasteiger partial charge in [0.05, 0.1) is 6.61 Å². The summed E-state index contributed by atoms with van der Waals surface area (Å²) in [7, 11) is 0. The maximum absolute atomic E-state index is 10.1. The maximum Gasteiger partial charge on any atom is 0.322 e. The van der Waals surface area contributed by atoms with Crippen LogP contribution in [0.25, 0.3) is 0 Å². The monoisotopic (exact) mass is 251 g/mol. The molecular formula is C8H17N3O6. The van der Waals surface area contributed by atoms with Crippen molar-refractivity contribution in [2.24, 2.45) is 17.2 Å². The number of primary amides is 1. The van der Waals surface area contributed by atoms with Crippen molar-refractivity contribution in [1.29, 1.82) is 0 Å². The molecule has 0 rings (SSSR count).